The maximum absolute atomic E-state index is 12.2. The van der Waals surface area contributed by atoms with E-state index in [4.69, 9.17) is 10.5 Å². The highest BCUT2D eigenvalue weighted by Gasteiger charge is 2.20. The molecule has 0 aliphatic heterocycles. The number of aryl methyl sites for hydroxylation is 1. The zero-order valence-corrected chi connectivity index (χ0v) is 16.3. The van der Waals surface area contributed by atoms with Crippen molar-refractivity contribution in [1.29, 1.82) is 0 Å². The zero-order chi connectivity index (χ0) is 16.8. The summed E-state index contributed by atoms with van der Waals surface area (Å²) in [6.45, 7) is 1.90. The van der Waals surface area contributed by atoms with Gasteiger partial charge in [0.05, 0.1) is 7.11 Å². The van der Waals surface area contributed by atoms with Crippen LogP contribution in [-0.4, -0.2) is 28.6 Å². The van der Waals surface area contributed by atoms with E-state index in [1.54, 1.807) is 13.3 Å². The molecule has 0 aliphatic rings. The lowest BCUT2D eigenvalue weighted by Crippen LogP contribution is -2.32. The Kier molecular flexibility index (Phi) is 10.2. The number of carbonyl (C=O) groups excluding carboxylic acids is 1. The Morgan fingerprint density at radius 1 is 1.32 bits per heavy atom. The molecule has 140 valence electrons. The maximum atomic E-state index is 12.2. The molecule has 6 nitrogen and oxygen atoms in total. The number of aromatic nitrogens is 2. The predicted molar refractivity (Wildman–Crippen MR) is 104 cm³/mol. The molecule has 0 bridgehead atoms. The molecule has 0 saturated carbocycles. The Bertz CT molecular complexity index is 644. The van der Waals surface area contributed by atoms with Gasteiger partial charge in [0, 0.05) is 31.9 Å². The number of rotatable bonds is 7. The highest BCUT2D eigenvalue weighted by atomic mass is 35.5. The molecule has 2 unspecified atom stereocenters. The van der Waals surface area contributed by atoms with Crippen LogP contribution in [0.4, 0.5) is 0 Å². The number of hydrogen-bond donors (Lipinski definition) is 2. The van der Waals surface area contributed by atoms with E-state index < -0.39 is 0 Å². The standard InChI is InChI=1S/C17H24N4O2.2ClH/c1-12(18)4-9-15(22)20-16(17-19-10-11-21(17)2)13-5-7-14(23-3)8-6-13;;/h5-8,10-12,16H,4,9,18H2,1-3H3,(H,20,22);2*1H. The van der Waals surface area contributed by atoms with E-state index >= 15 is 0 Å². The molecule has 0 aliphatic carbocycles. The normalized spacial score (nSPS) is 12.3. The lowest BCUT2D eigenvalue weighted by Gasteiger charge is -2.20. The highest BCUT2D eigenvalue weighted by molar-refractivity contribution is 5.85. The molecule has 1 heterocycles. The molecule has 0 fully saturated rings. The van der Waals surface area contributed by atoms with Crippen LogP contribution < -0.4 is 15.8 Å². The van der Waals surface area contributed by atoms with Crippen LogP contribution in [0.2, 0.25) is 0 Å². The van der Waals surface area contributed by atoms with Gasteiger partial charge in [0.25, 0.3) is 0 Å². The third-order valence-corrected chi connectivity index (χ3v) is 3.70. The molecule has 2 rings (SSSR count). The van der Waals surface area contributed by atoms with Crippen LogP contribution >= 0.6 is 24.8 Å². The van der Waals surface area contributed by atoms with Crippen molar-refractivity contribution in [2.75, 3.05) is 7.11 Å². The van der Waals surface area contributed by atoms with Crippen LogP contribution in [0.25, 0.3) is 0 Å². The van der Waals surface area contributed by atoms with E-state index in [2.05, 4.69) is 10.3 Å². The van der Waals surface area contributed by atoms with E-state index in [9.17, 15) is 4.79 Å². The number of ether oxygens (including phenoxy) is 1. The number of carbonyl (C=O) groups is 1. The molecule has 0 radical (unpaired) electrons. The van der Waals surface area contributed by atoms with Gasteiger partial charge < -0.3 is 20.4 Å². The molecular formula is C17H26Cl2N4O2. The molecule has 1 amide bonds. The van der Waals surface area contributed by atoms with Crippen molar-refractivity contribution in [3.63, 3.8) is 0 Å². The summed E-state index contributed by atoms with van der Waals surface area (Å²) in [7, 11) is 3.54. The molecule has 25 heavy (non-hydrogen) atoms. The first-order valence-electron chi connectivity index (χ1n) is 7.67. The first-order valence-corrected chi connectivity index (χ1v) is 7.67. The number of halogens is 2. The van der Waals surface area contributed by atoms with Crippen molar-refractivity contribution in [3.8, 4) is 5.75 Å². The van der Waals surface area contributed by atoms with E-state index in [1.165, 1.54) is 0 Å². The SMILES string of the molecule is COc1ccc(C(NC(=O)CCC(C)N)c2nccn2C)cc1.Cl.Cl. The highest BCUT2D eigenvalue weighted by Crippen LogP contribution is 2.23. The van der Waals surface area contributed by atoms with Gasteiger partial charge in [-0.2, -0.15) is 0 Å². The Morgan fingerprint density at radius 3 is 2.44 bits per heavy atom. The fourth-order valence-electron chi connectivity index (χ4n) is 2.34. The molecular weight excluding hydrogens is 363 g/mol. The monoisotopic (exact) mass is 388 g/mol. The van der Waals surface area contributed by atoms with E-state index in [0.29, 0.717) is 12.8 Å². The Balaban J connectivity index is 0.00000288. The number of nitrogens with one attached hydrogen (secondary N) is 1. The van der Waals surface area contributed by atoms with Crippen molar-refractivity contribution in [2.24, 2.45) is 12.8 Å². The molecule has 3 N–H and O–H groups in total. The Labute approximate surface area is 161 Å². The van der Waals surface area contributed by atoms with Crippen LogP contribution in [-0.2, 0) is 11.8 Å². The molecule has 2 atom stereocenters. The predicted octanol–water partition coefficient (Wildman–Crippen LogP) is 2.61. The van der Waals surface area contributed by atoms with Crippen LogP contribution in [0.1, 0.15) is 37.2 Å². The number of benzene rings is 1. The van der Waals surface area contributed by atoms with Crippen molar-refractivity contribution >= 4 is 30.7 Å². The van der Waals surface area contributed by atoms with Crippen molar-refractivity contribution < 1.29 is 9.53 Å². The van der Waals surface area contributed by atoms with Crippen LogP contribution in [0, 0.1) is 0 Å². The molecule has 8 heteroatoms. The molecule has 1 aromatic heterocycles. The fraction of sp³-hybridized carbons (Fsp3) is 0.412. The van der Waals surface area contributed by atoms with Gasteiger partial charge >= 0.3 is 0 Å². The van der Waals surface area contributed by atoms with Crippen molar-refractivity contribution in [2.45, 2.75) is 31.8 Å². The Morgan fingerprint density at radius 2 is 1.96 bits per heavy atom. The van der Waals surface area contributed by atoms with E-state index in [1.807, 2.05) is 49.0 Å². The maximum Gasteiger partial charge on any atom is 0.220 e. The van der Waals surface area contributed by atoms with Gasteiger partial charge in [-0.1, -0.05) is 12.1 Å². The number of nitrogens with two attached hydrogens (primary N) is 1. The van der Waals surface area contributed by atoms with Gasteiger partial charge in [0.1, 0.15) is 17.6 Å². The van der Waals surface area contributed by atoms with Gasteiger partial charge in [-0.25, -0.2) is 4.98 Å². The average Bonchev–Trinajstić information content (AvgIpc) is 2.96. The third-order valence-electron chi connectivity index (χ3n) is 3.70. The van der Waals surface area contributed by atoms with E-state index in [-0.39, 0.29) is 42.8 Å². The number of hydrogen-bond acceptors (Lipinski definition) is 4. The topological polar surface area (TPSA) is 82.2 Å². The quantitative estimate of drug-likeness (QED) is 0.763. The molecule has 1 aromatic carbocycles. The molecule has 0 saturated heterocycles. The fourth-order valence-corrected chi connectivity index (χ4v) is 2.34. The van der Waals surface area contributed by atoms with Gasteiger partial charge in [0.2, 0.25) is 5.91 Å². The Hall–Kier alpha value is -1.76. The first-order chi connectivity index (χ1) is 11.0. The summed E-state index contributed by atoms with van der Waals surface area (Å²) in [5.74, 6) is 1.52. The zero-order valence-electron chi connectivity index (χ0n) is 14.6. The third kappa shape index (κ3) is 6.57. The van der Waals surface area contributed by atoms with E-state index in [0.717, 1.165) is 17.1 Å². The second kappa shape index (κ2) is 11.0. The first kappa shape index (κ1) is 23.2. The van der Waals surface area contributed by atoms with Gasteiger partial charge in [0.15, 0.2) is 0 Å². The summed E-state index contributed by atoms with van der Waals surface area (Å²) in [6, 6.07) is 7.32. The lowest BCUT2D eigenvalue weighted by molar-refractivity contribution is -0.121. The lowest BCUT2D eigenvalue weighted by atomic mass is 10.1. The summed E-state index contributed by atoms with van der Waals surface area (Å²) in [4.78, 5) is 16.6. The number of imidazole rings is 1. The second-order valence-corrected chi connectivity index (χ2v) is 5.69. The van der Waals surface area contributed by atoms with Crippen LogP contribution in [0.3, 0.4) is 0 Å². The number of methoxy groups -OCH3 is 1. The minimum Gasteiger partial charge on any atom is -0.497 e. The van der Waals surface area contributed by atoms with Gasteiger partial charge in [-0.05, 0) is 31.0 Å². The van der Waals surface area contributed by atoms with Crippen LogP contribution in [0.5, 0.6) is 5.75 Å². The second-order valence-electron chi connectivity index (χ2n) is 5.69. The minimum absolute atomic E-state index is 0. The summed E-state index contributed by atoms with van der Waals surface area (Å²) < 4.78 is 7.09. The van der Waals surface area contributed by atoms with Gasteiger partial charge in [-0.15, -0.1) is 24.8 Å². The van der Waals surface area contributed by atoms with Crippen LogP contribution in [0.15, 0.2) is 36.7 Å². The number of amides is 1. The largest absolute Gasteiger partial charge is 0.497 e. The summed E-state index contributed by atoms with van der Waals surface area (Å²) in [5.41, 5.74) is 6.68. The molecule has 0 spiro atoms. The van der Waals surface area contributed by atoms with Crippen molar-refractivity contribution in [3.05, 3.63) is 48.0 Å². The summed E-state index contributed by atoms with van der Waals surface area (Å²) in [6.07, 6.45) is 4.64. The van der Waals surface area contributed by atoms with Gasteiger partial charge in [-0.3, -0.25) is 4.79 Å². The number of nitrogens with zero attached hydrogens (tertiary/aromatic N) is 2. The smallest absolute Gasteiger partial charge is 0.220 e. The minimum atomic E-state index is -0.304. The summed E-state index contributed by atoms with van der Waals surface area (Å²) in [5, 5.41) is 3.05. The average molecular weight is 389 g/mol. The summed E-state index contributed by atoms with van der Waals surface area (Å²) >= 11 is 0. The molecule has 2 aromatic rings. The van der Waals surface area contributed by atoms with Crippen molar-refractivity contribution in [1.82, 2.24) is 14.9 Å².